The predicted molar refractivity (Wildman–Crippen MR) is 113 cm³/mol. The highest BCUT2D eigenvalue weighted by molar-refractivity contribution is 6.45. The number of para-hydroxylation sites is 1. The number of benzene rings is 2. The zero-order valence-electron chi connectivity index (χ0n) is 17.0. The van der Waals surface area contributed by atoms with Crippen molar-refractivity contribution in [1.82, 2.24) is 4.90 Å². The quantitative estimate of drug-likeness (QED) is 0.678. The first kappa shape index (κ1) is 21.1. The second kappa shape index (κ2) is 8.79. The minimum absolute atomic E-state index is 0.175. The summed E-state index contributed by atoms with van der Waals surface area (Å²) >= 11 is 0. The largest absolute Gasteiger partial charge is 0.496 e. The van der Waals surface area contributed by atoms with Gasteiger partial charge in [-0.25, -0.2) is 4.90 Å². The van der Waals surface area contributed by atoms with Crippen LogP contribution in [0.5, 0.6) is 5.75 Å². The molecule has 0 aliphatic carbocycles. The molecule has 0 spiro atoms. The Morgan fingerprint density at radius 2 is 1.77 bits per heavy atom. The van der Waals surface area contributed by atoms with E-state index in [1.807, 2.05) is 0 Å². The van der Waals surface area contributed by atoms with Crippen molar-refractivity contribution in [1.29, 1.82) is 0 Å². The van der Waals surface area contributed by atoms with E-state index < -0.39 is 11.8 Å². The van der Waals surface area contributed by atoms with E-state index in [0.29, 0.717) is 22.7 Å². The molecule has 1 aliphatic rings. The van der Waals surface area contributed by atoms with Crippen molar-refractivity contribution in [3.05, 3.63) is 59.8 Å². The summed E-state index contributed by atoms with van der Waals surface area (Å²) in [7, 11) is 3.14. The molecule has 0 aromatic heterocycles. The number of ether oxygens (including phenoxy) is 1. The Balaban J connectivity index is 2.08. The number of carbonyl (C=O) groups is 3. The summed E-state index contributed by atoms with van der Waals surface area (Å²) < 4.78 is 5.40. The van der Waals surface area contributed by atoms with Crippen molar-refractivity contribution in [2.45, 2.75) is 6.92 Å². The number of hydrogen-bond acceptors (Lipinski definition) is 6. The number of rotatable bonds is 7. The molecule has 0 saturated heterocycles. The van der Waals surface area contributed by atoms with Gasteiger partial charge in [0, 0.05) is 31.8 Å². The summed E-state index contributed by atoms with van der Waals surface area (Å²) in [5.41, 5.74) is 1.82. The number of aliphatic hydroxyl groups is 1. The molecular formula is C22H23N3O5. The van der Waals surface area contributed by atoms with Gasteiger partial charge in [0.25, 0.3) is 11.8 Å². The molecule has 3 rings (SSSR count). The number of likely N-dealkylation sites (N-methyl/N-ethyl adjacent to an activating group) is 1. The van der Waals surface area contributed by atoms with Gasteiger partial charge in [0.2, 0.25) is 5.91 Å². The van der Waals surface area contributed by atoms with Crippen LogP contribution in [0.15, 0.2) is 54.2 Å². The monoisotopic (exact) mass is 409 g/mol. The normalized spacial score (nSPS) is 13.7. The Kier molecular flexibility index (Phi) is 6.17. The highest BCUT2D eigenvalue weighted by atomic mass is 16.5. The van der Waals surface area contributed by atoms with Crippen molar-refractivity contribution in [3.63, 3.8) is 0 Å². The fourth-order valence-corrected chi connectivity index (χ4v) is 3.36. The van der Waals surface area contributed by atoms with E-state index in [-0.39, 0.29) is 30.3 Å². The van der Waals surface area contributed by atoms with Gasteiger partial charge < -0.3 is 20.1 Å². The molecule has 2 aromatic rings. The van der Waals surface area contributed by atoms with Crippen LogP contribution in [0.3, 0.4) is 0 Å². The van der Waals surface area contributed by atoms with Gasteiger partial charge in [-0.2, -0.15) is 0 Å². The first-order valence-electron chi connectivity index (χ1n) is 9.35. The highest BCUT2D eigenvalue weighted by Gasteiger charge is 2.42. The van der Waals surface area contributed by atoms with Crippen molar-refractivity contribution in [2.75, 3.05) is 37.5 Å². The molecule has 0 unspecified atom stereocenters. The zero-order chi connectivity index (χ0) is 21.8. The summed E-state index contributed by atoms with van der Waals surface area (Å²) in [6, 6.07) is 13.4. The van der Waals surface area contributed by atoms with Gasteiger partial charge in [0.1, 0.15) is 11.4 Å². The minimum atomic E-state index is -0.496. The lowest BCUT2D eigenvalue weighted by molar-refractivity contribution is -0.120. The Morgan fingerprint density at radius 3 is 2.37 bits per heavy atom. The van der Waals surface area contributed by atoms with E-state index in [1.165, 1.54) is 14.0 Å². The maximum Gasteiger partial charge on any atom is 0.282 e. The Bertz CT molecular complexity index is 1010. The van der Waals surface area contributed by atoms with Gasteiger partial charge in [-0.15, -0.1) is 0 Å². The minimum Gasteiger partial charge on any atom is -0.496 e. The summed E-state index contributed by atoms with van der Waals surface area (Å²) in [4.78, 5) is 40.6. The number of imide groups is 1. The van der Waals surface area contributed by atoms with Gasteiger partial charge in [-0.1, -0.05) is 18.2 Å². The molecule has 0 radical (unpaired) electrons. The lowest BCUT2D eigenvalue weighted by Crippen LogP contribution is -2.34. The van der Waals surface area contributed by atoms with E-state index >= 15 is 0 Å². The SMILES string of the molecule is COc1ccccc1C1=C(N(C)CCO)C(=O)N(c2ccc(NC(C)=O)cc2)C1=O. The summed E-state index contributed by atoms with van der Waals surface area (Å²) in [6.45, 7) is 1.41. The van der Waals surface area contributed by atoms with E-state index in [0.717, 1.165) is 4.90 Å². The average Bonchev–Trinajstić information content (AvgIpc) is 2.98. The number of anilines is 2. The molecule has 0 bridgehead atoms. The number of aliphatic hydroxyl groups excluding tert-OH is 1. The van der Waals surface area contributed by atoms with Crippen molar-refractivity contribution >= 4 is 34.7 Å². The van der Waals surface area contributed by atoms with Crippen LogP contribution in [0, 0.1) is 0 Å². The Morgan fingerprint density at radius 1 is 1.10 bits per heavy atom. The summed E-state index contributed by atoms with van der Waals surface area (Å²) in [6.07, 6.45) is 0. The number of methoxy groups -OCH3 is 1. The maximum absolute atomic E-state index is 13.4. The molecule has 1 heterocycles. The Labute approximate surface area is 174 Å². The third-order valence-electron chi connectivity index (χ3n) is 4.70. The van der Waals surface area contributed by atoms with Crippen LogP contribution in [0.2, 0.25) is 0 Å². The standard InChI is InChI=1S/C22H23N3O5/c1-14(27)23-15-8-10-16(11-9-15)25-21(28)19(17-6-4-5-7-18(17)30-3)20(22(25)29)24(2)12-13-26/h4-11,26H,12-13H2,1-3H3,(H,23,27). The van der Waals surface area contributed by atoms with Gasteiger partial charge in [0.05, 0.1) is 25.0 Å². The van der Waals surface area contributed by atoms with Crippen LogP contribution in [0.1, 0.15) is 12.5 Å². The zero-order valence-corrected chi connectivity index (χ0v) is 17.0. The van der Waals surface area contributed by atoms with Gasteiger partial charge in [-0.05, 0) is 30.3 Å². The molecular weight excluding hydrogens is 386 g/mol. The van der Waals surface area contributed by atoms with Crippen LogP contribution in [0.4, 0.5) is 11.4 Å². The molecule has 30 heavy (non-hydrogen) atoms. The fourth-order valence-electron chi connectivity index (χ4n) is 3.36. The van der Waals surface area contributed by atoms with Crippen LogP contribution in [-0.2, 0) is 14.4 Å². The second-order valence-corrected chi connectivity index (χ2v) is 6.74. The molecule has 0 atom stereocenters. The lowest BCUT2D eigenvalue weighted by Gasteiger charge is -2.20. The number of amides is 3. The highest BCUT2D eigenvalue weighted by Crippen LogP contribution is 2.38. The average molecular weight is 409 g/mol. The lowest BCUT2D eigenvalue weighted by atomic mass is 10.0. The predicted octanol–water partition coefficient (Wildman–Crippen LogP) is 1.86. The molecule has 8 heteroatoms. The second-order valence-electron chi connectivity index (χ2n) is 6.74. The molecule has 2 N–H and O–H groups in total. The number of nitrogens with one attached hydrogen (secondary N) is 1. The van der Waals surface area contributed by atoms with E-state index in [2.05, 4.69) is 5.32 Å². The van der Waals surface area contributed by atoms with Crippen LogP contribution in [-0.4, -0.2) is 55.0 Å². The maximum atomic E-state index is 13.4. The molecule has 1 aliphatic heterocycles. The molecule has 0 fully saturated rings. The van der Waals surface area contributed by atoms with E-state index in [1.54, 1.807) is 60.5 Å². The van der Waals surface area contributed by atoms with E-state index in [9.17, 15) is 19.5 Å². The van der Waals surface area contributed by atoms with Crippen molar-refractivity contribution < 1.29 is 24.2 Å². The van der Waals surface area contributed by atoms with Crippen molar-refractivity contribution in [3.8, 4) is 5.75 Å². The van der Waals surface area contributed by atoms with E-state index in [4.69, 9.17) is 4.74 Å². The first-order chi connectivity index (χ1) is 14.4. The van der Waals surface area contributed by atoms with Gasteiger partial charge >= 0.3 is 0 Å². The molecule has 3 amide bonds. The summed E-state index contributed by atoms with van der Waals surface area (Å²) in [5, 5.41) is 12.0. The smallest absolute Gasteiger partial charge is 0.282 e. The van der Waals surface area contributed by atoms with Gasteiger partial charge in [-0.3, -0.25) is 14.4 Å². The fraction of sp³-hybridized carbons (Fsp3) is 0.227. The molecule has 156 valence electrons. The van der Waals surface area contributed by atoms with Crippen molar-refractivity contribution in [2.24, 2.45) is 0 Å². The van der Waals surface area contributed by atoms with Crippen LogP contribution >= 0.6 is 0 Å². The van der Waals surface area contributed by atoms with Crippen LogP contribution in [0.25, 0.3) is 5.57 Å². The number of hydrogen-bond donors (Lipinski definition) is 2. The van der Waals surface area contributed by atoms with Gasteiger partial charge in [0.15, 0.2) is 0 Å². The van der Waals surface area contributed by atoms with Crippen LogP contribution < -0.4 is 15.0 Å². The molecule has 2 aromatic carbocycles. The number of carbonyl (C=O) groups excluding carboxylic acids is 3. The first-order valence-corrected chi connectivity index (χ1v) is 9.35. The molecule has 8 nitrogen and oxygen atoms in total. The third kappa shape index (κ3) is 3.90. The third-order valence-corrected chi connectivity index (χ3v) is 4.70. The summed E-state index contributed by atoms with van der Waals surface area (Å²) in [5.74, 6) is -0.740. The molecule has 0 saturated carbocycles. The number of nitrogens with zero attached hydrogens (tertiary/aromatic N) is 2. The Hall–Kier alpha value is -3.65. The topological polar surface area (TPSA) is 99.2 Å².